The van der Waals surface area contributed by atoms with E-state index in [4.69, 9.17) is 4.74 Å². The maximum Gasteiger partial charge on any atom is 0.119 e. The lowest BCUT2D eigenvalue weighted by molar-refractivity contribution is 0.304. The summed E-state index contributed by atoms with van der Waals surface area (Å²) in [7, 11) is 0. The molecule has 0 aromatic heterocycles. The molecule has 1 N–H and O–H groups in total. The third-order valence-electron chi connectivity index (χ3n) is 3.55. The molecule has 114 valence electrons. The first kappa shape index (κ1) is 17.0. The van der Waals surface area contributed by atoms with E-state index in [1.165, 1.54) is 30.4 Å². The van der Waals surface area contributed by atoms with E-state index in [2.05, 4.69) is 51.2 Å². The van der Waals surface area contributed by atoms with Gasteiger partial charge < -0.3 is 10.1 Å². The summed E-state index contributed by atoms with van der Waals surface area (Å²) in [4.78, 5) is 0. The topological polar surface area (TPSA) is 21.3 Å². The summed E-state index contributed by atoms with van der Waals surface area (Å²) in [6.45, 7) is 11.9. The Morgan fingerprint density at radius 1 is 1.00 bits per heavy atom. The van der Waals surface area contributed by atoms with Crippen LogP contribution in [0.4, 0.5) is 0 Å². The summed E-state index contributed by atoms with van der Waals surface area (Å²) in [5, 5.41) is 3.48. The lowest BCUT2D eigenvalue weighted by atomic mass is 10.1. The van der Waals surface area contributed by atoms with Gasteiger partial charge in [-0.25, -0.2) is 0 Å². The molecule has 0 saturated carbocycles. The average Bonchev–Trinajstić information content (AvgIpc) is 2.40. The maximum absolute atomic E-state index is 5.79. The van der Waals surface area contributed by atoms with E-state index in [9.17, 15) is 0 Å². The molecule has 0 aliphatic rings. The average molecular weight is 277 g/mol. The Hall–Kier alpha value is -1.02. The van der Waals surface area contributed by atoms with Crippen LogP contribution in [0.2, 0.25) is 0 Å². The molecule has 1 aromatic rings. The molecule has 0 bridgehead atoms. The standard InChI is InChI=1S/C18H31NO/c1-15(2)14-19-11-7-5-6-8-12-20-18-10-9-16(3)17(4)13-18/h9-10,13,15,19H,5-8,11-12,14H2,1-4H3. The number of benzene rings is 1. The van der Waals surface area contributed by atoms with Gasteiger partial charge in [0.2, 0.25) is 0 Å². The van der Waals surface area contributed by atoms with E-state index in [0.29, 0.717) is 0 Å². The molecular formula is C18H31NO. The highest BCUT2D eigenvalue weighted by Crippen LogP contribution is 2.16. The lowest BCUT2D eigenvalue weighted by Crippen LogP contribution is -2.20. The van der Waals surface area contributed by atoms with Gasteiger partial charge in [0.25, 0.3) is 0 Å². The molecule has 0 radical (unpaired) electrons. The minimum atomic E-state index is 0.751. The van der Waals surface area contributed by atoms with Gasteiger partial charge in [0.05, 0.1) is 6.61 Å². The number of rotatable bonds is 10. The second kappa shape index (κ2) is 9.82. The largest absolute Gasteiger partial charge is 0.494 e. The molecule has 2 nitrogen and oxygen atoms in total. The van der Waals surface area contributed by atoms with Crippen molar-refractivity contribution in [2.24, 2.45) is 5.92 Å². The fourth-order valence-electron chi connectivity index (χ4n) is 2.09. The van der Waals surface area contributed by atoms with Crippen LogP contribution in [0.1, 0.15) is 50.7 Å². The molecule has 1 aromatic carbocycles. The summed E-state index contributed by atoms with van der Waals surface area (Å²) < 4.78 is 5.79. The Morgan fingerprint density at radius 2 is 1.75 bits per heavy atom. The van der Waals surface area contributed by atoms with Crippen molar-refractivity contribution < 1.29 is 4.74 Å². The monoisotopic (exact) mass is 277 g/mol. The minimum absolute atomic E-state index is 0.751. The molecule has 0 saturated heterocycles. The lowest BCUT2D eigenvalue weighted by Gasteiger charge is -2.09. The zero-order valence-electron chi connectivity index (χ0n) is 13.7. The Bertz CT molecular complexity index is 374. The van der Waals surface area contributed by atoms with Crippen molar-refractivity contribution in [3.05, 3.63) is 29.3 Å². The molecule has 0 fully saturated rings. The van der Waals surface area contributed by atoms with E-state index >= 15 is 0 Å². The number of nitrogens with one attached hydrogen (secondary N) is 1. The third kappa shape index (κ3) is 7.54. The first-order valence-corrected chi connectivity index (χ1v) is 8.00. The van der Waals surface area contributed by atoms with Crippen molar-refractivity contribution in [2.45, 2.75) is 53.4 Å². The number of hydrogen-bond acceptors (Lipinski definition) is 2. The zero-order chi connectivity index (χ0) is 14.8. The van der Waals surface area contributed by atoms with Gasteiger partial charge in [-0.15, -0.1) is 0 Å². The fraction of sp³-hybridized carbons (Fsp3) is 0.667. The van der Waals surface area contributed by atoms with Crippen LogP contribution in [0.25, 0.3) is 0 Å². The molecule has 20 heavy (non-hydrogen) atoms. The van der Waals surface area contributed by atoms with Gasteiger partial charge in [0.1, 0.15) is 5.75 Å². The van der Waals surface area contributed by atoms with Crippen LogP contribution in [0, 0.1) is 19.8 Å². The predicted molar refractivity (Wildman–Crippen MR) is 87.6 cm³/mol. The third-order valence-corrected chi connectivity index (χ3v) is 3.55. The fourth-order valence-corrected chi connectivity index (χ4v) is 2.09. The van der Waals surface area contributed by atoms with Crippen LogP contribution >= 0.6 is 0 Å². The van der Waals surface area contributed by atoms with E-state index in [-0.39, 0.29) is 0 Å². The van der Waals surface area contributed by atoms with Crippen LogP contribution < -0.4 is 10.1 Å². The van der Waals surface area contributed by atoms with Crippen LogP contribution in [0.15, 0.2) is 18.2 Å². The number of ether oxygens (including phenoxy) is 1. The molecule has 0 atom stereocenters. The highest BCUT2D eigenvalue weighted by atomic mass is 16.5. The van der Waals surface area contributed by atoms with E-state index in [0.717, 1.165) is 37.8 Å². The van der Waals surface area contributed by atoms with E-state index in [1.807, 2.05) is 0 Å². The summed E-state index contributed by atoms with van der Waals surface area (Å²) in [6.07, 6.45) is 4.98. The summed E-state index contributed by atoms with van der Waals surface area (Å²) in [6, 6.07) is 6.33. The van der Waals surface area contributed by atoms with Crippen molar-refractivity contribution in [3.8, 4) is 5.75 Å². The number of hydrogen-bond donors (Lipinski definition) is 1. The van der Waals surface area contributed by atoms with E-state index in [1.54, 1.807) is 0 Å². The minimum Gasteiger partial charge on any atom is -0.494 e. The molecule has 0 aliphatic carbocycles. The Labute approximate surface area is 124 Å². The van der Waals surface area contributed by atoms with Gasteiger partial charge in [0.15, 0.2) is 0 Å². The first-order valence-electron chi connectivity index (χ1n) is 8.00. The molecular weight excluding hydrogens is 246 g/mol. The van der Waals surface area contributed by atoms with Crippen molar-refractivity contribution >= 4 is 0 Å². The summed E-state index contributed by atoms with van der Waals surface area (Å²) >= 11 is 0. The Balaban J connectivity index is 1.98. The van der Waals surface area contributed by atoms with Crippen LogP contribution in [-0.2, 0) is 0 Å². The van der Waals surface area contributed by atoms with Crippen LogP contribution in [0.5, 0.6) is 5.75 Å². The van der Waals surface area contributed by atoms with Crippen molar-refractivity contribution in [1.82, 2.24) is 5.32 Å². The van der Waals surface area contributed by atoms with Crippen LogP contribution in [0.3, 0.4) is 0 Å². The van der Waals surface area contributed by atoms with Crippen molar-refractivity contribution in [3.63, 3.8) is 0 Å². The molecule has 0 amide bonds. The van der Waals surface area contributed by atoms with Gasteiger partial charge in [-0.1, -0.05) is 32.8 Å². The van der Waals surface area contributed by atoms with Crippen molar-refractivity contribution in [2.75, 3.05) is 19.7 Å². The van der Waals surface area contributed by atoms with Gasteiger partial charge >= 0.3 is 0 Å². The zero-order valence-corrected chi connectivity index (χ0v) is 13.7. The number of aryl methyl sites for hydroxylation is 2. The molecule has 0 aliphatic heterocycles. The summed E-state index contributed by atoms with van der Waals surface area (Å²) in [5.74, 6) is 1.76. The summed E-state index contributed by atoms with van der Waals surface area (Å²) in [5.41, 5.74) is 2.63. The molecule has 0 spiro atoms. The first-order chi connectivity index (χ1) is 9.59. The smallest absolute Gasteiger partial charge is 0.119 e. The normalized spacial score (nSPS) is 11.1. The molecule has 0 heterocycles. The molecule has 0 unspecified atom stereocenters. The van der Waals surface area contributed by atoms with Gasteiger partial charge in [-0.2, -0.15) is 0 Å². The maximum atomic E-state index is 5.79. The highest BCUT2D eigenvalue weighted by Gasteiger charge is 1.97. The predicted octanol–water partition coefficient (Wildman–Crippen LogP) is 4.49. The van der Waals surface area contributed by atoms with Gasteiger partial charge in [0, 0.05) is 0 Å². The Kier molecular flexibility index (Phi) is 8.36. The van der Waals surface area contributed by atoms with Crippen LogP contribution in [-0.4, -0.2) is 19.7 Å². The highest BCUT2D eigenvalue weighted by molar-refractivity contribution is 5.33. The number of unbranched alkanes of at least 4 members (excludes halogenated alkanes) is 3. The SMILES string of the molecule is Cc1ccc(OCCCCCCNCC(C)C)cc1C. The Morgan fingerprint density at radius 3 is 2.45 bits per heavy atom. The van der Waals surface area contributed by atoms with Gasteiger partial charge in [-0.3, -0.25) is 0 Å². The van der Waals surface area contributed by atoms with Crippen molar-refractivity contribution in [1.29, 1.82) is 0 Å². The van der Waals surface area contributed by atoms with Gasteiger partial charge in [-0.05, 0) is 69.0 Å². The quantitative estimate of drug-likeness (QED) is 0.636. The molecule has 1 rings (SSSR count). The second-order valence-electron chi connectivity index (χ2n) is 6.11. The van der Waals surface area contributed by atoms with E-state index < -0.39 is 0 Å². The molecule has 2 heteroatoms. The second-order valence-corrected chi connectivity index (χ2v) is 6.11.